The average Bonchev–Trinajstić information content (AvgIpc) is 3.13. The normalized spacial score (nSPS) is 14.1. The summed E-state index contributed by atoms with van der Waals surface area (Å²) in [4.78, 5) is 35.5. The van der Waals surface area contributed by atoms with Crippen LogP contribution < -0.4 is 10.6 Å². The van der Waals surface area contributed by atoms with Gasteiger partial charge in [-0.1, -0.05) is 48.5 Å². The van der Waals surface area contributed by atoms with E-state index in [1.807, 2.05) is 53.8 Å². The number of fused-ring (bicyclic) bond motifs is 3. The lowest BCUT2D eigenvalue weighted by molar-refractivity contribution is -0.145. The maximum atomic E-state index is 12.5. The maximum Gasteiger partial charge on any atom is 0.407 e. The van der Waals surface area contributed by atoms with Gasteiger partial charge >= 0.3 is 12.1 Å². The molecule has 0 saturated carbocycles. The molecule has 182 valence electrons. The molecule has 0 bridgehead atoms. The van der Waals surface area contributed by atoms with Gasteiger partial charge in [0.1, 0.15) is 18.8 Å². The summed E-state index contributed by atoms with van der Waals surface area (Å²) < 4.78 is 35.4. The first-order chi connectivity index (χ1) is 16.3. The lowest BCUT2D eigenvalue weighted by atomic mass is 9.98. The summed E-state index contributed by atoms with van der Waals surface area (Å²) in [6.45, 7) is 0.122. The number of carbonyl (C=O) groups is 3. The number of carboxylic acid groups (broad SMARTS) is 1. The maximum absolute atomic E-state index is 12.5. The van der Waals surface area contributed by atoms with Crippen LogP contribution in [0, 0.1) is 0 Å². The number of benzene rings is 2. The second-order valence-corrected chi connectivity index (χ2v) is 7.79. The van der Waals surface area contributed by atoms with Gasteiger partial charge in [-0.2, -0.15) is 0 Å². The van der Waals surface area contributed by atoms with Gasteiger partial charge < -0.3 is 25.2 Å². The smallest absolute Gasteiger partial charge is 0.407 e. The van der Waals surface area contributed by atoms with Crippen LogP contribution in [-0.4, -0.2) is 61.9 Å². The van der Waals surface area contributed by atoms with Crippen LogP contribution in [0.15, 0.2) is 48.5 Å². The highest BCUT2D eigenvalue weighted by atomic mass is 19.3. The van der Waals surface area contributed by atoms with Gasteiger partial charge in [-0.15, -0.1) is 0 Å². The third-order valence-corrected chi connectivity index (χ3v) is 5.62. The largest absolute Gasteiger partial charge is 0.480 e. The van der Waals surface area contributed by atoms with Gasteiger partial charge in [-0.3, -0.25) is 4.79 Å². The third-order valence-electron chi connectivity index (χ3n) is 5.62. The Hall–Kier alpha value is -3.53. The molecule has 0 aliphatic heterocycles. The Kier molecular flexibility index (Phi) is 8.53. The van der Waals surface area contributed by atoms with Crippen LogP contribution in [0.5, 0.6) is 0 Å². The van der Waals surface area contributed by atoms with Gasteiger partial charge in [0.2, 0.25) is 12.3 Å². The van der Waals surface area contributed by atoms with Gasteiger partial charge in [-0.05, 0) is 22.3 Å². The molecule has 1 aliphatic rings. The standard InChI is InChI=1S/C24H26F2N2O6/c1-33-20(22(29)28-19(23(30)31)12-21(25)26)10-11-27-24(32)34-13-18-16-8-4-2-6-14(16)15-7-3-5-9-17(15)18/h2-9,18-21H,10-13H2,1H3,(H,27,32)(H,28,29)(H,30,31). The molecule has 0 radical (unpaired) electrons. The Balaban J connectivity index is 1.49. The first kappa shape index (κ1) is 25.1. The zero-order valence-corrected chi connectivity index (χ0v) is 18.5. The zero-order valence-electron chi connectivity index (χ0n) is 18.5. The number of ether oxygens (including phenoxy) is 2. The highest BCUT2D eigenvalue weighted by Crippen LogP contribution is 2.44. The first-order valence-electron chi connectivity index (χ1n) is 10.7. The number of methoxy groups -OCH3 is 1. The molecule has 0 heterocycles. The van der Waals surface area contributed by atoms with Crippen molar-refractivity contribution in [2.45, 2.75) is 37.3 Å². The number of nitrogens with one attached hydrogen (secondary N) is 2. The minimum Gasteiger partial charge on any atom is -0.480 e. The quantitative estimate of drug-likeness (QED) is 0.459. The van der Waals surface area contributed by atoms with Crippen molar-refractivity contribution in [3.63, 3.8) is 0 Å². The van der Waals surface area contributed by atoms with Crippen molar-refractivity contribution in [3.05, 3.63) is 59.7 Å². The predicted molar refractivity (Wildman–Crippen MR) is 119 cm³/mol. The fourth-order valence-electron chi connectivity index (χ4n) is 3.98. The van der Waals surface area contributed by atoms with E-state index >= 15 is 0 Å². The van der Waals surface area contributed by atoms with E-state index in [4.69, 9.17) is 14.6 Å². The van der Waals surface area contributed by atoms with E-state index in [2.05, 4.69) is 5.32 Å². The molecule has 2 aromatic carbocycles. The number of hydrogen-bond acceptors (Lipinski definition) is 5. The van der Waals surface area contributed by atoms with Crippen molar-refractivity contribution in [1.82, 2.24) is 10.6 Å². The van der Waals surface area contributed by atoms with Crippen molar-refractivity contribution < 1.29 is 37.7 Å². The topological polar surface area (TPSA) is 114 Å². The minimum atomic E-state index is -2.89. The van der Waals surface area contributed by atoms with E-state index in [1.165, 1.54) is 7.11 Å². The van der Waals surface area contributed by atoms with Crippen LogP contribution in [0.3, 0.4) is 0 Å². The molecule has 2 amide bonds. The fourth-order valence-corrected chi connectivity index (χ4v) is 3.98. The molecular weight excluding hydrogens is 450 g/mol. The molecule has 2 aromatic rings. The molecule has 8 nitrogen and oxygen atoms in total. The highest BCUT2D eigenvalue weighted by molar-refractivity contribution is 5.86. The van der Waals surface area contributed by atoms with Crippen LogP contribution >= 0.6 is 0 Å². The number of aliphatic carboxylic acids is 1. The van der Waals surface area contributed by atoms with Gasteiger partial charge in [0, 0.05) is 32.4 Å². The number of amides is 2. The lowest BCUT2D eigenvalue weighted by Crippen LogP contribution is -2.47. The number of carbonyl (C=O) groups excluding carboxylic acids is 2. The molecule has 1 aliphatic carbocycles. The molecule has 0 fully saturated rings. The summed E-state index contributed by atoms with van der Waals surface area (Å²) in [6.07, 6.45) is -5.73. The minimum absolute atomic E-state index is 0.00478. The Morgan fingerprint density at radius 3 is 2.15 bits per heavy atom. The van der Waals surface area contributed by atoms with E-state index in [0.29, 0.717) is 0 Å². The van der Waals surface area contributed by atoms with E-state index < -0.39 is 43.0 Å². The van der Waals surface area contributed by atoms with Gasteiger partial charge in [0.05, 0.1) is 0 Å². The molecule has 0 saturated heterocycles. The summed E-state index contributed by atoms with van der Waals surface area (Å²) in [5.41, 5.74) is 4.36. The Morgan fingerprint density at radius 2 is 1.62 bits per heavy atom. The number of carboxylic acids is 1. The summed E-state index contributed by atoms with van der Waals surface area (Å²) in [5.74, 6) is -2.52. The van der Waals surface area contributed by atoms with Crippen LogP contribution in [-0.2, 0) is 19.1 Å². The fraction of sp³-hybridized carbons (Fsp3) is 0.375. The predicted octanol–water partition coefficient (Wildman–Crippen LogP) is 3.15. The van der Waals surface area contributed by atoms with Crippen LogP contribution in [0.25, 0.3) is 11.1 Å². The monoisotopic (exact) mass is 476 g/mol. The van der Waals surface area contributed by atoms with Crippen LogP contribution in [0.1, 0.15) is 29.9 Å². The second kappa shape index (κ2) is 11.6. The number of alkyl carbamates (subject to hydrolysis) is 1. The van der Waals surface area contributed by atoms with Gasteiger partial charge in [0.15, 0.2) is 0 Å². The molecule has 10 heteroatoms. The average molecular weight is 476 g/mol. The number of rotatable bonds is 11. The van der Waals surface area contributed by atoms with Crippen molar-refractivity contribution in [1.29, 1.82) is 0 Å². The van der Waals surface area contributed by atoms with Crippen molar-refractivity contribution in [3.8, 4) is 11.1 Å². The van der Waals surface area contributed by atoms with E-state index in [9.17, 15) is 23.2 Å². The number of alkyl halides is 2. The van der Waals surface area contributed by atoms with E-state index in [-0.39, 0.29) is 25.5 Å². The molecular formula is C24H26F2N2O6. The van der Waals surface area contributed by atoms with Crippen LogP contribution in [0.4, 0.5) is 13.6 Å². The first-order valence-corrected chi connectivity index (χ1v) is 10.7. The molecule has 0 spiro atoms. The lowest BCUT2D eigenvalue weighted by Gasteiger charge is -2.19. The molecule has 3 rings (SSSR count). The van der Waals surface area contributed by atoms with Crippen molar-refractivity contribution in [2.75, 3.05) is 20.3 Å². The molecule has 0 aromatic heterocycles. The van der Waals surface area contributed by atoms with Gasteiger partial charge in [-0.25, -0.2) is 18.4 Å². The SMILES string of the molecule is COC(CCNC(=O)OCC1c2ccccc2-c2ccccc21)C(=O)NC(CC(F)F)C(=O)O. The second-order valence-electron chi connectivity index (χ2n) is 7.79. The van der Waals surface area contributed by atoms with E-state index in [0.717, 1.165) is 22.3 Å². The summed E-state index contributed by atoms with van der Waals surface area (Å²) >= 11 is 0. The number of halogens is 2. The van der Waals surface area contributed by atoms with E-state index in [1.54, 1.807) is 0 Å². The molecule has 2 unspecified atom stereocenters. The molecule has 3 N–H and O–H groups in total. The summed E-state index contributed by atoms with van der Waals surface area (Å²) in [6, 6.07) is 14.1. The highest BCUT2D eigenvalue weighted by Gasteiger charge is 2.30. The summed E-state index contributed by atoms with van der Waals surface area (Å²) in [5, 5.41) is 13.5. The molecule has 34 heavy (non-hydrogen) atoms. The molecule has 2 atom stereocenters. The van der Waals surface area contributed by atoms with Crippen LogP contribution in [0.2, 0.25) is 0 Å². The van der Waals surface area contributed by atoms with Crippen molar-refractivity contribution >= 4 is 18.0 Å². The third kappa shape index (κ3) is 6.07. The Morgan fingerprint density at radius 1 is 1.03 bits per heavy atom. The zero-order chi connectivity index (χ0) is 24.7. The Bertz CT molecular complexity index is 987. The summed E-state index contributed by atoms with van der Waals surface area (Å²) in [7, 11) is 1.22. The Labute approximate surface area is 195 Å². The van der Waals surface area contributed by atoms with Crippen molar-refractivity contribution in [2.24, 2.45) is 0 Å². The number of hydrogen-bond donors (Lipinski definition) is 3. The van der Waals surface area contributed by atoms with Gasteiger partial charge in [0.25, 0.3) is 0 Å².